The maximum atomic E-state index is 13.5. The molecule has 1 saturated carbocycles. The first-order chi connectivity index (χ1) is 9.69. The molecule has 20 heavy (non-hydrogen) atoms. The number of rotatable bonds is 3. The van der Waals surface area contributed by atoms with Gasteiger partial charge in [0.1, 0.15) is 11.6 Å². The molecule has 0 atom stereocenters. The zero-order valence-corrected chi connectivity index (χ0v) is 12.1. The third kappa shape index (κ3) is 4.34. The molecular weight excluding hydrogens is 254 g/mol. The predicted molar refractivity (Wildman–Crippen MR) is 78.2 cm³/mol. The van der Waals surface area contributed by atoms with Gasteiger partial charge in [-0.15, -0.1) is 0 Å². The summed E-state index contributed by atoms with van der Waals surface area (Å²) < 4.78 is 26.3. The van der Waals surface area contributed by atoms with Crippen molar-refractivity contribution in [2.45, 2.75) is 51.9 Å². The molecule has 0 unspecified atom stereocenters. The van der Waals surface area contributed by atoms with E-state index < -0.39 is 11.6 Å². The minimum Gasteiger partial charge on any atom is -0.207 e. The van der Waals surface area contributed by atoms with Gasteiger partial charge in [-0.2, -0.15) is 0 Å². The molecule has 0 spiro atoms. The number of benzene rings is 1. The van der Waals surface area contributed by atoms with Gasteiger partial charge >= 0.3 is 0 Å². The summed E-state index contributed by atoms with van der Waals surface area (Å²) in [5, 5.41) is 0. The van der Waals surface area contributed by atoms with E-state index in [1.807, 2.05) is 0 Å². The summed E-state index contributed by atoms with van der Waals surface area (Å²) in [6.07, 6.45) is 8.64. The number of hydrogen-bond acceptors (Lipinski definition) is 0. The Morgan fingerprint density at radius 2 is 1.90 bits per heavy atom. The Labute approximate surface area is 120 Å². The second-order valence-electron chi connectivity index (χ2n) is 5.75. The van der Waals surface area contributed by atoms with Crippen molar-refractivity contribution in [3.63, 3.8) is 0 Å². The smallest absolute Gasteiger partial charge is 0.141 e. The molecule has 0 aromatic heterocycles. The standard InChI is InChI=1S/C18H22F2/c1-2-3-4-14-5-7-15(8-6-14)9-10-16-11-12-17(19)13-18(16)20/h11-15H,2-8H2,1H3/t14-,15-. The first kappa shape index (κ1) is 15.0. The van der Waals surface area contributed by atoms with Crippen LogP contribution >= 0.6 is 0 Å². The summed E-state index contributed by atoms with van der Waals surface area (Å²) in [6.45, 7) is 2.23. The van der Waals surface area contributed by atoms with E-state index in [0.29, 0.717) is 11.5 Å². The fraction of sp³-hybridized carbons (Fsp3) is 0.556. The van der Waals surface area contributed by atoms with E-state index in [0.717, 1.165) is 24.8 Å². The molecule has 1 aliphatic carbocycles. The Morgan fingerprint density at radius 3 is 2.55 bits per heavy atom. The van der Waals surface area contributed by atoms with Crippen LogP contribution in [0.5, 0.6) is 0 Å². The Hall–Kier alpha value is -1.36. The van der Waals surface area contributed by atoms with Gasteiger partial charge in [-0.05, 0) is 43.7 Å². The first-order valence-electron chi connectivity index (χ1n) is 7.65. The van der Waals surface area contributed by atoms with E-state index in [4.69, 9.17) is 0 Å². The van der Waals surface area contributed by atoms with Crippen LogP contribution in [0.1, 0.15) is 57.4 Å². The molecule has 1 aliphatic rings. The van der Waals surface area contributed by atoms with Gasteiger partial charge in [0.15, 0.2) is 0 Å². The average Bonchev–Trinajstić information content (AvgIpc) is 2.45. The summed E-state index contributed by atoms with van der Waals surface area (Å²) >= 11 is 0. The molecule has 0 saturated heterocycles. The molecule has 0 bridgehead atoms. The summed E-state index contributed by atoms with van der Waals surface area (Å²) in [7, 11) is 0. The van der Waals surface area contributed by atoms with Crippen LogP contribution in [0.15, 0.2) is 18.2 Å². The largest absolute Gasteiger partial charge is 0.207 e. The maximum absolute atomic E-state index is 13.5. The summed E-state index contributed by atoms with van der Waals surface area (Å²) in [5.74, 6) is 6.16. The van der Waals surface area contributed by atoms with Crippen molar-refractivity contribution in [1.29, 1.82) is 0 Å². The van der Waals surface area contributed by atoms with Crippen LogP contribution in [-0.4, -0.2) is 0 Å². The number of unbranched alkanes of at least 4 members (excludes halogenated alkanes) is 1. The normalized spacial score (nSPS) is 22.1. The Kier molecular flexibility index (Phi) is 5.59. The third-order valence-electron chi connectivity index (χ3n) is 4.15. The molecule has 0 aliphatic heterocycles. The monoisotopic (exact) mass is 276 g/mol. The van der Waals surface area contributed by atoms with E-state index in [9.17, 15) is 8.78 Å². The molecule has 1 fully saturated rings. The van der Waals surface area contributed by atoms with Crippen LogP contribution in [0.2, 0.25) is 0 Å². The lowest BCUT2D eigenvalue weighted by molar-refractivity contribution is 0.296. The molecule has 1 aromatic rings. The van der Waals surface area contributed by atoms with Gasteiger partial charge in [0.2, 0.25) is 0 Å². The highest BCUT2D eigenvalue weighted by Gasteiger charge is 2.19. The predicted octanol–water partition coefficient (Wildman–Crippen LogP) is 5.31. The van der Waals surface area contributed by atoms with Crippen LogP contribution in [-0.2, 0) is 0 Å². The Morgan fingerprint density at radius 1 is 1.15 bits per heavy atom. The van der Waals surface area contributed by atoms with Gasteiger partial charge < -0.3 is 0 Å². The lowest BCUT2D eigenvalue weighted by Crippen LogP contribution is -2.13. The minimum atomic E-state index is -0.561. The highest BCUT2D eigenvalue weighted by molar-refractivity contribution is 5.36. The molecule has 1 aromatic carbocycles. The van der Waals surface area contributed by atoms with Gasteiger partial charge in [-0.25, -0.2) is 8.78 Å². The van der Waals surface area contributed by atoms with Crippen LogP contribution in [0.3, 0.4) is 0 Å². The fourth-order valence-electron chi connectivity index (χ4n) is 2.86. The van der Waals surface area contributed by atoms with E-state index in [-0.39, 0.29) is 0 Å². The van der Waals surface area contributed by atoms with Gasteiger partial charge in [0.05, 0.1) is 5.56 Å². The molecule has 0 heterocycles. The molecule has 108 valence electrons. The van der Waals surface area contributed by atoms with E-state index >= 15 is 0 Å². The average molecular weight is 276 g/mol. The van der Waals surface area contributed by atoms with Gasteiger partial charge in [-0.3, -0.25) is 0 Å². The third-order valence-corrected chi connectivity index (χ3v) is 4.15. The molecule has 2 heteroatoms. The van der Waals surface area contributed by atoms with Crippen LogP contribution in [0, 0.1) is 35.3 Å². The molecule has 0 amide bonds. The molecule has 0 radical (unpaired) electrons. The lowest BCUT2D eigenvalue weighted by atomic mass is 9.80. The van der Waals surface area contributed by atoms with Gasteiger partial charge in [0.25, 0.3) is 0 Å². The molecule has 0 N–H and O–H groups in total. The van der Waals surface area contributed by atoms with Crippen molar-refractivity contribution < 1.29 is 8.78 Å². The second kappa shape index (κ2) is 7.43. The quantitative estimate of drug-likeness (QED) is 0.656. The lowest BCUT2D eigenvalue weighted by Gasteiger charge is -2.25. The van der Waals surface area contributed by atoms with Crippen molar-refractivity contribution in [3.05, 3.63) is 35.4 Å². The SMILES string of the molecule is CCCC[C@H]1CC[C@H](C#Cc2ccc(F)cc2F)CC1. The topological polar surface area (TPSA) is 0 Å². The summed E-state index contributed by atoms with van der Waals surface area (Å²) in [5.41, 5.74) is 0.305. The fourth-order valence-corrected chi connectivity index (χ4v) is 2.86. The van der Waals surface area contributed by atoms with Crippen LogP contribution in [0.25, 0.3) is 0 Å². The van der Waals surface area contributed by atoms with E-state index in [1.165, 1.54) is 44.2 Å². The van der Waals surface area contributed by atoms with Gasteiger partial charge in [-0.1, -0.05) is 38.0 Å². The summed E-state index contributed by atoms with van der Waals surface area (Å²) in [4.78, 5) is 0. The van der Waals surface area contributed by atoms with Crippen molar-refractivity contribution in [3.8, 4) is 11.8 Å². The minimum absolute atomic E-state index is 0.305. The molecule has 0 nitrogen and oxygen atoms in total. The van der Waals surface area contributed by atoms with E-state index in [2.05, 4.69) is 18.8 Å². The van der Waals surface area contributed by atoms with E-state index in [1.54, 1.807) is 0 Å². The highest BCUT2D eigenvalue weighted by atomic mass is 19.1. The van der Waals surface area contributed by atoms with Crippen molar-refractivity contribution in [1.82, 2.24) is 0 Å². The molecule has 2 rings (SSSR count). The van der Waals surface area contributed by atoms with Crippen molar-refractivity contribution in [2.75, 3.05) is 0 Å². The number of halogens is 2. The zero-order chi connectivity index (χ0) is 14.4. The van der Waals surface area contributed by atoms with Crippen molar-refractivity contribution in [2.24, 2.45) is 11.8 Å². The summed E-state index contributed by atoms with van der Waals surface area (Å²) in [6, 6.07) is 3.57. The second-order valence-corrected chi connectivity index (χ2v) is 5.75. The number of hydrogen-bond donors (Lipinski definition) is 0. The zero-order valence-electron chi connectivity index (χ0n) is 12.1. The molecular formula is C18H22F2. The van der Waals surface area contributed by atoms with Crippen molar-refractivity contribution >= 4 is 0 Å². The maximum Gasteiger partial charge on any atom is 0.141 e. The highest BCUT2D eigenvalue weighted by Crippen LogP contribution is 2.31. The van der Waals surface area contributed by atoms with Crippen LogP contribution < -0.4 is 0 Å². The van der Waals surface area contributed by atoms with Crippen LogP contribution in [0.4, 0.5) is 8.78 Å². The Balaban J connectivity index is 1.88. The first-order valence-corrected chi connectivity index (χ1v) is 7.65. The van der Waals surface area contributed by atoms with Gasteiger partial charge in [0, 0.05) is 12.0 Å². The Bertz CT molecular complexity index is 488.